The van der Waals surface area contributed by atoms with Crippen LogP contribution in [-0.2, 0) is 13.2 Å². The topological polar surface area (TPSA) is 58.5 Å². The van der Waals surface area contributed by atoms with E-state index in [1.54, 1.807) is 13.2 Å². The first kappa shape index (κ1) is 16.4. The van der Waals surface area contributed by atoms with Crippen molar-refractivity contribution in [3.8, 4) is 0 Å². The number of aryl methyl sites for hydroxylation is 1. The van der Waals surface area contributed by atoms with Crippen molar-refractivity contribution in [1.29, 1.82) is 0 Å². The molecule has 6 rings (SSSR count). The van der Waals surface area contributed by atoms with Gasteiger partial charge in [0, 0.05) is 29.9 Å². The van der Waals surface area contributed by atoms with Gasteiger partial charge >= 0.3 is 6.18 Å². The van der Waals surface area contributed by atoms with Crippen LogP contribution in [0.1, 0.15) is 48.0 Å². The summed E-state index contributed by atoms with van der Waals surface area (Å²) in [7, 11) is 1.56. The summed E-state index contributed by atoms with van der Waals surface area (Å²) in [5, 5.41) is 15.6. The van der Waals surface area contributed by atoms with Gasteiger partial charge in [0.25, 0.3) is 0 Å². The van der Waals surface area contributed by atoms with Gasteiger partial charge in [-0.05, 0) is 60.6 Å². The van der Waals surface area contributed by atoms with E-state index in [4.69, 9.17) is 0 Å². The molecule has 1 aliphatic heterocycles. The quantitative estimate of drug-likeness (QED) is 0.641. The monoisotopic (exact) mass is 387 g/mol. The lowest BCUT2D eigenvalue weighted by molar-refractivity contribution is -0.142. The Balaban J connectivity index is 1.56. The third-order valence-corrected chi connectivity index (χ3v) is 7.14. The molecule has 3 heterocycles. The summed E-state index contributed by atoms with van der Waals surface area (Å²) in [5.41, 5.74) is 2.66. The Labute approximate surface area is 159 Å². The average Bonchev–Trinajstić information content (AvgIpc) is 3.42. The zero-order chi connectivity index (χ0) is 19.2. The standard InChI is InChI=1S/C20H20F3N5/c1-28-8-12(19(27-28)20(21,22)23)18-16-10-3-2-9(6-10)15(16)17-11-7-24-26-13(11)4-5-14(17)25-18/h4-5,7-10,15-16,18,25H,2-3,6H2,1H3,(H,24,26)/t9-,10?,15-,16+,18-/m0/s1. The number of halogens is 3. The van der Waals surface area contributed by atoms with E-state index in [0.29, 0.717) is 11.8 Å². The van der Waals surface area contributed by atoms with Gasteiger partial charge in [-0.2, -0.15) is 23.4 Å². The lowest BCUT2D eigenvalue weighted by Crippen LogP contribution is -2.36. The molecule has 2 aromatic heterocycles. The predicted molar refractivity (Wildman–Crippen MR) is 97.7 cm³/mol. The molecule has 2 bridgehead atoms. The molecule has 2 N–H and O–H groups in total. The van der Waals surface area contributed by atoms with Gasteiger partial charge < -0.3 is 5.32 Å². The molecule has 5 atom stereocenters. The molecule has 1 aromatic carbocycles. The van der Waals surface area contributed by atoms with E-state index in [2.05, 4.69) is 20.6 Å². The van der Waals surface area contributed by atoms with Gasteiger partial charge in [0.05, 0.1) is 17.8 Å². The van der Waals surface area contributed by atoms with Gasteiger partial charge in [-0.15, -0.1) is 0 Å². The fraction of sp³-hybridized carbons (Fsp3) is 0.500. The molecule has 8 heteroatoms. The molecule has 5 nitrogen and oxygen atoms in total. The molecule has 0 saturated heterocycles. The Morgan fingerprint density at radius 2 is 2.00 bits per heavy atom. The van der Waals surface area contributed by atoms with Crippen LogP contribution >= 0.6 is 0 Å². The second kappa shape index (κ2) is 5.30. The van der Waals surface area contributed by atoms with Gasteiger partial charge in [0.15, 0.2) is 5.69 Å². The highest BCUT2D eigenvalue weighted by molar-refractivity contribution is 5.88. The molecule has 0 amide bonds. The van der Waals surface area contributed by atoms with Gasteiger partial charge in [-0.25, -0.2) is 0 Å². The second-order valence-corrected chi connectivity index (χ2v) is 8.52. The number of H-pyrrole nitrogens is 1. The summed E-state index contributed by atoms with van der Waals surface area (Å²) in [6, 6.07) is 3.56. The number of alkyl halides is 3. The number of benzene rings is 1. The van der Waals surface area contributed by atoms with Crippen LogP contribution in [0, 0.1) is 17.8 Å². The molecule has 3 aromatic rings. The van der Waals surface area contributed by atoms with Crippen molar-refractivity contribution in [2.75, 3.05) is 5.32 Å². The summed E-state index contributed by atoms with van der Waals surface area (Å²) in [5.74, 6) is 1.40. The number of aromatic amines is 1. The van der Waals surface area contributed by atoms with Crippen LogP contribution in [-0.4, -0.2) is 20.0 Å². The average molecular weight is 387 g/mol. The van der Waals surface area contributed by atoms with Gasteiger partial charge in [-0.1, -0.05) is 0 Å². The first-order valence-corrected chi connectivity index (χ1v) is 9.75. The Kier molecular flexibility index (Phi) is 3.11. The molecule has 2 fully saturated rings. The number of hydrogen-bond donors (Lipinski definition) is 2. The van der Waals surface area contributed by atoms with Crippen LogP contribution in [0.15, 0.2) is 24.5 Å². The van der Waals surface area contributed by atoms with Gasteiger partial charge in [0.1, 0.15) is 0 Å². The van der Waals surface area contributed by atoms with Crippen molar-refractivity contribution in [3.05, 3.63) is 41.3 Å². The number of fused-ring (bicyclic) bond motifs is 9. The third-order valence-electron chi connectivity index (χ3n) is 7.14. The second-order valence-electron chi connectivity index (χ2n) is 8.52. The SMILES string of the molecule is Cn1cc([C@@H]2Nc3ccc4[nH]ncc4c3[C@H]3[C@H]4CCC(C4)[C@H]32)c(C(F)(F)F)n1. The van der Waals surface area contributed by atoms with Crippen molar-refractivity contribution >= 4 is 16.6 Å². The number of nitrogens with zero attached hydrogens (tertiary/aromatic N) is 3. The molecule has 2 saturated carbocycles. The number of nitrogens with one attached hydrogen (secondary N) is 2. The molecule has 2 aliphatic carbocycles. The van der Waals surface area contributed by atoms with E-state index in [1.807, 2.05) is 18.3 Å². The van der Waals surface area contributed by atoms with Crippen LogP contribution in [0.25, 0.3) is 10.9 Å². The van der Waals surface area contributed by atoms with Gasteiger partial charge in [0.2, 0.25) is 0 Å². The molecular formula is C20H20F3N5. The fourth-order valence-corrected chi connectivity index (χ4v) is 6.27. The normalized spacial score (nSPS) is 31.1. The molecule has 0 radical (unpaired) electrons. The van der Waals surface area contributed by atoms with Crippen molar-refractivity contribution in [1.82, 2.24) is 20.0 Å². The van der Waals surface area contributed by atoms with E-state index in [-0.39, 0.29) is 23.4 Å². The lowest BCUT2D eigenvalue weighted by atomic mass is 9.67. The number of anilines is 1. The zero-order valence-corrected chi connectivity index (χ0v) is 15.3. The highest BCUT2D eigenvalue weighted by atomic mass is 19.4. The van der Waals surface area contributed by atoms with Crippen molar-refractivity contribution in [2.24, 2.45) is 24.8 Å². The highest BCUT2D eigenvalue weighted by Crippen LogP contribution is 2.64. The largest absolute Gasteiger partial charge is 0.435 e. The van der Waals surface area contributed by atoms with Gasteiger partial charge in [-0.3, -0.25) is 9.78 Å². The van der Waals surface area contributed by atoms with E-state index in [1.165, 1.54) is 10.2 Å². The molecule has 0 spiro atoms. The Bertz CT molecular complexity index is 1080. The number of rotatable bonds is 1. The summed E-state index contributed by atoms with van der Waals surface area (Å²) in [6.07, 6.45) is 2.30. The first-order valence-electron chi connectivity index (χ1n) is 9.75. The van der Waals surface area contributed by atoms with Crippen molar-refractivity contribution in [3.63, 3.8) is 0 Å². The molecular weight excluding hydrogens is 367 g/mol. The van der Waals surface area contributed by atoms with E-state index >= 15 is 0 Å². The highest BCUT2D eigenvalue weighted by Gasteiger charge is 2.55. The molecule has 146 valence electrons. The maximum absolute atomic E-state index is 13.7. The van der Waals surface area contributed by atoms with Crippen LogP contribution in [0.3, 0.4) is 0 Å². The van der Waals surface area contributed by atoms with Crippen LogP contribution in [0.2, 0.25) is 0 Å². The summed E-state index contributed by atoms with van der Waals surface area (Å²) >= 11 is 0. The Morgan fingerprint density at radius 1 is 1.18 bits per heavy atom. The molecule has 28 heavy (non-hydrogen) atoms. The Hall–Kier alpha value is -2.51. The Morgan fingerprint density at radius 3 is 2.82 bits per heavy atom. The van der Waals surface area contributed by atoms with Crippen LogP contribution in [0.4, 0.5) is 18.9 Å². The zero-order valence-electron chi connectivity index (χ0n) is 15.3. The van der Waals surface area contributed by atoms with E-state index in [0.717, 1.165) is 35.9 Å². The predicted octanol–water partition coefficient (Wildman–Crippen LogP) is 4.61. The van der Waals surface area contributed by atoms with E-state index < -0.39 is 11.9 Å². The summed E-state index contributed by atoms with van der Waals surface area (Å²) in [6.45, 7) is 0. The number of aromatic nitrogens is 4. The maximum atomic E-state index is 13.7. The van der Waals surface area contributed by atoms with E-state index in [9.17, 15) is 13.2 Å². The minimum atomic E-state index is -4.46. The van der Waals surface area contributed by atoms with Crippen molar-refractivity contribution in [2.45, 2.75) is 37.4 Å². The first-order chi connectivity index (χ1) is 13.4. The smallest absolute Gasteiger partial charge is 0.378 e. The third kappa shape index (κ3) is 2.08. The molecule has 3 aliphatic rings. The van der Waals surface area contributed by atoms with Crippen molar-refractivity contribution < 1.29 is 13.2 Å². The lowest BCUT2D eigenvalue weighted by Gasteiger charge is -2.43. The minimum absolute atomic E-state index is 0.150. The molecule has 1 unspecified atom stereocenters. The minimum Gasteiger partial charge on any atom is -0.378 e. The summed E-state index contributed by atoms with van der Waals surface area (Å²) < 4.78 is 42.4. The summed E-state index contributed by atoms with van der Waals surface area (Å²) in [4.78, 5) is 0. The maximum Gasteiger partial charge on any atom is 0.435 e. The van der Waals surface area contributed by atoms with Crippen LogP contribution in [0.5, 0.6) is 0 Å². The fourth-order valence-electron chi connectivity index (χ4n) is 6.27. The number of hydrogen-bond acceptors (Lipinski definition) is 3. The van der Waals surface area contributed by atoms with Crippen LogP contribution < -0.4 is 5.32 Å².